The van der Waals surface area contributed by atoms with E-state index >= 15 is 0 Å². The predicted octanol–water partition coefficient (Wildman–Crippen LogP) is 3.52. The number of anilines is 1. The van der Waals surface area contributed by atoms with E-state index in [1.54, 1.807) is 0 Å². The van der Waals surface area contributed by atoms with Crippen molar-refractivity contribution in [3.05, 3.63) is 28.0 Å². The van der Waals surface area contributed by atoms with Crippen molar-refractivity contribution in [2.45, 2.75) is 32.8 Å². The van der Waals surface area contributed by atoms with Crippen molar-refractivity contribution in [1.82, 2.24) is 0 Å². The maximum absolute atomic E-state index is 13.1. The van der Waals surface area contributed by atoms with Crippen LogP contribution in [0.5, 0.6) is 0 Å². The number of rotatable bonds is 4. The molecule has 94 valence electrons. The van der Waals surface area contributed by atoms with Crippen molar-refractivity contribution in [2.75, 3.05) is 5.73 Å². The second-order valence-corrected chi connectivity index (χ2v) is 4.55. The monoisotopic (exact) mass is 303 g/mol. The number of carbonyl (C=O) groups excluding carboxylic acids is 1. The maximum atomic E-state index is 13.1. The molecule has 2 N–H and O–H groups in total. The highest BCUT2D eigenvalue weighted by Gasteiger charge is 2.17. The molecule has 0 bridgehead atoms. The smallest absolute Gasteiger partial charge is 0.339 e. The summed E-state index contributed by atoms with van der Waals surface area (Å²) in [6.45, 7) is 3.88. The molecule has 1 aromatic carbocycles. The molecule has 0 heterocycles. The second-order valence-electron chi connectivity index (χ2n) is 3.70. The van der Waals surface area contributed by atoms with Crippen LogP contribution in [-0.2, 0) is 4.74 Å². The molecule has 1 aromatic rings. The first-order chi connectivity index (χ1) is 7.99. The fourth-order valence-electron chi connectivity index (χ4n) is 1.39. The molecule has 0 aromatic heterocycles. The molecule has 0 saturated carbocycles. The van der Waals surface area contributed by atoms with Crippen LogP contribution in [0, 0.1) is 5.82 Å². The SMILES string of the molecule is CCC(CC)OC(=O)c1cc(N)c(F)cc1Br. The molecule has 5 heteroatoms. The van der Waals surface area contributed by atoms with Crippen molar-refractivity contribution < 1.29 is 13.9 Å². The van der Waals surface area contributed by atoms with Gasteiger partial charge >= 0.3 is 5.97 Å². The first-order valence-electron chi connectivity index (χ1n) is 5.45. The zero-order valence-corrected chi connectivity index (χ0v) is 11.4. The van der Waals surface area contributed by atoms with Gasteiger partial charge < -0.3 is 10.5 Å². The van der Waals surface area contributed by atoms with Gasteiger partial charge in [0.1, 0.15) is 11.9 Å². The average molecular weight is 304 g/mol. The van der Waals surface area contributed by atoms with Gasteiger partial charge in [-0.2, -0.15) is 0 Å². The third kappa shape index (κ3) is 3.43. The highest BCUT2D eigenvalue weighted by atomic mass is 79.9. The Kier molecular flexibility index (Phi) is 4.93. The molecule has 0 aliphatic rings. The van der Waals surface area contributed by atoms with Crippen LogP contribution in [0.4, 0.5) is 10.1 Å². The Morgan fingerprint density at radius 1 is 1.47 bits per heavy atom. The van der Waals surface area contributed by atoms with Crippen molar-refractivity contribution in [2.24, 2.45) is 0 Å². The fraction of sp³-hybridized carbons (Fsp3) is 0.417. The second kappa shape index (κ2) is 6.00. The third-order valence-electron chi connectivity index (χ3n) is 2.49. The summed E-state index contributed by atoms with van der Waals surface area (Å²) < 4.78 is 18.7. The molecule has 17 heavy (non-hydrogen) atoms. The summed E-state index contributed by atoms with van der Waals surface area (Å²) >= 11 is 3.12. The van der Waals surface area contributed by atoms with Crippen LogP contribution in [0.1, 0.15) is 37.0 Å². The van der Waals surface area contributed by atoms with Crippen LogP contribution in [0.3, 0.4) is 0 Å². The van der Waals surface area contributed by atoms with Gasteiger partial charge in [-0.1, -0.05) is 13.8 Å². The summed E-state index contributed by atoms with van der Waals surface area (Å²) in [5.41, 5.74) is 5.60. The summed E-state index contributed by atoms with van der Waals surface area (Å²) in [7, 11) is 0. The largest absolute Gasteiger partial charge is 0.459 e. The molecular formula is C12H15BrFNO2. The van der Waals surface area contributed by atoms with Crippen molar-refractivity contribution in [1.29, 1.82) is 0 Å². The Labute approximate surface area is 108 Å². The molecule has 0 aliphatic carbocycles. The molecule has 0 atom stereocenters. The zero-order valence-electron chi connectivity index (χ0n) is 9.80. The quantitative estimate of drug-likeness (QED) is 0.684. The maximum Gasteiger partial charge on any atom is 0.339 e. The van der Waals surface area contributed by atoms with E-state index in [9.17, 15) is 9.18 Å². The number of benzene rings is 1. The number of nitrogens with two attached hydrogens (primary N) is 1. The highest BCUT2D eigenvalue weighted by molar-refractivity contribution is 9.10. The number of hydrogen-bond donors (Lipinski definition) is 1. The molecule has 0 spiro atoms. The van der Waals surface area contributed by atoms with Crippen molar-refractivity contribution in [3.63, 3.8) is 0 Å². The summed E-state index contributed by atoms with van der Waals surface area (Å²) in [5, 5.41) is 0. The first kappa shape index (κ1) is 14.0. The summed E-state index contributed by atoms with van der Waals surface area (Å²) in [5.74, 6) is -1.05. The fourth-order valence-corrected chi connectivity index (χ4v) is 1.87. The van der Waals surface area contributed by atoms with Crippen LogP contribution in [-0.4, -0.2) is 12.1 Å². The summed E-state index contributed by atoms with van der Waals surface area (Å²) in [6.07, 6.45) is 1.37. The van der Waals surface area contributed by atoms with E-state index in [1.807, 2.05) is 13.8 Å². The molecule has 0 unspecified atom stereocenters. The minimum Gasteiger partial charge on any atom is -0.459 e. The van der Waals surface area contributed by atoms with Gasteiger partial charge in [-0.05, 0) is 40.9 Å². The van der Waals surface area contributed by atoms with Gasteiger partial charge in [0.05, 0.1) is 11.3 Å². The lowest BCUT2D eigenvalue weighted by Crippen LogP contribution is -2.17. The average Bonchev–Trinajstić information content (AvgIpc) is 2.30. The number of esters is 1. The number of nitrogen functional groups attached to an aromatic ring is 1. The normalized spacial score (nSPS) is 10.6. The minimum atomic E-state index is -0.559. The van der Waals surface area contributed by atoms with E-state index in [2.05, 4.69) is 15.9 Å². The van der Waals surface area contributed by atoms with Gasteiger partial charge in [0.2, 0.25) is 0 Å². The van der Waals surface area contributed by atoms with Crippen LogP contribution in [0.25, 0.3) is 0 Å². The van der Waals surface area contributed by atoms with Crippen molar-refractivity contribution >= 4 is 27.6 Å². The molecule has 0 radical (unpaired) electrons. The van der Waals surface area contributed by atoms with Gasteiger partial charge in [0.25, 0.3) is 0 Å². The van der Waals surface area contributed by atoms with Crippen LogP contribution in [0.2, 0.25) is 0 Å². The van der Waals surface area contributed by atoms with Crippen molar-refractivity contribution in [3.8, 4) is 0 Å². The van der Waals surface area contributed by atoms with E-state index < -0.39 is 11.8 Å². The minimum absolute atomic E-state index is 0.0651. The van der Waals surface area contributed by atoms with Gasteiger partial charge in [0, 0.05) is 4.47 Å². The third-order valence-corrected chi connectivity index (χ3v) is 3.15. The molecule has 0 aliphatic heterocycles. The van der Waals surface area contributed by atoms with Gasteiger partial charge in [-0.25, -0.2) is 9.18 Å². The van der Waals surface area contributed by atoms with Gasteiger partial charge in [-0.15, -0.1) is 0 Å². The molecule has 0 fully saturated rings. The number of ether oxygens (including phenoxy) is 1. The summed E-state index contributed by atoms with van der Waals surface area (Å²) in [6, 6.07) is 2.45. The van der Waals surface area contributed by atoms with E-state index in [1.165, 1.54) is 12.1 Å². The molecule has 1 rings (SSSR count). The van der Waals surface area contributed by atoms with Gasteiger partial charge in [-0.3, -0.25) is 0 Å². The van der Waals surface area contributed by atoms with Crippen LogP contribution < -0.4 is 5.73 Å². The molecule has 0 saturated heterocycles. The predicted molar refractivity (Wildman–Crippen MR) is 68.3 cm³/mol. The van der Waals surface area contributed by atoms with Gasteiger partial charge in [0.15, 0.2) is 0 Å². The zero-order chi connectivity index (χ0) is 13.0. The lowest BCUT2D eigenvalue weighted by molar-refractivity contribution is 0.0283. The highest BCUT2D eigenvalue weighted by Crippen LogP contribution is 2.24. The first-order valence-corrected chi connectivity index (χ1v) is 6.24. The van der Waals surface area contributed by atoms with E-state index in [4.69, 9.17) is 10.5 Å². The molecule has 3 nitrogen and oxygen atoms in total. The van der Waals surface area contributed by atoms with E-state index in [0.29, 0.717) is 4.47 Å². The Hall–Kier alpha value is -1.10. The Bertz CT molecular complexity index is 419. The Balaban J connectivity index is 2.93. The number of halogens is 2. The molecular weight excluding hydrogens is 289 g/mol. The summed E-state index contributed by atoms with van der Waals surface area (Å²) in [4.78, 5) is 11.8. The molecule has 0 amide bonds. The number of carbonyl (C=O) groups is 1. The topological polar surface area (TPSA) is 52.3 Å². The Morgan fingerprint density at radius 3 is 2.59 bits per heavy atom. The lowest BCUT2D eigenvalue weighted by atomic mass is 10.2. The Morgan fingerprint density at radius 2 is 2.06 bits per heavy atom. The van der Waals surface area contributed by atoms with E-state index in [-0.39, 0.29) is 17.4 Å². The van der Waals surface area contributed by atoms with Crippen LogP contribution >= 0.6 is 15.9 Å². The van der Waals surface area contributed by atoms with E-state index in [0.717, 1.165) is 12.8 Å². The van der Waals surface area contributed by atoms with Crippen LogP contribution in [0.15, 0.2) is 16.6 Å². The lowest BCUT2D eigenvalue weighted by Gasteiger charge is -2.15. The standard InChI is InChI=1S/C12H15BrFNO2/c1-3-7(4-2)17-12(16)8-5-11(15)10(14)6-9(8)13/h5-7H,3-4,15H2,1-2H3. The number of hydrogen-bond acceptors (Lipinski definition) is 3.